The third-order valence-corrected chi connectivity index (χ3v) is 5.08. The van der Waals surface area contributed by atoms with Crippen LogP contribution in [-0.4, -0.2) is 50.4 Å². The lowest BCUT2D eigenvalue weighted by Gasteiger charge is -2.21. The number of carbonyl (C=O) groups excluding carboxylic acids is 1. The molecule has 120 valence electrons. The molecule has 0 rings (SSSR count). The standard InChI is InChI=1S/C14H30N2O3S/c1-5-6-7-10-20(18,19)11-14(17)16(4)9-8-13(15)12(2)3/h12-13H,5-11,15H2,1-4H3. The summed E-state index contributed by atoms with van der Waals surface area (Å²) >= 11 is 0. The van der Waals surface area contributed by atoms with Crippen molar-refractivity contribution >= 4 is 15.7 Å². The number of unbranched alkanes of at least 4 members (excludes halogenated alkanes) is 2. The zero-order valence-corrected chi connectivity index (χ0v) is 14.1. The maximum absolute atomic E-state index is 11.9. The Kier molecular flexibility index (Phi) is 9.05. The lowest BCUT2D eigenvalue weighted by atomic mass is 10.0. The summed E-state index contributed by atoms with van der Waals surface area (Å²) in [7, 11) is -1.64. The quantitative estimate of drug-likeness (QED) is 0.619. The zero-order chi connectivity index (χ0) is 15.8. The Morgan fingerprint density at radius 2 is 1.85 bits per heavy atom. The van der Waals surface area contributed by atoms with Crippen molar-refractivity contribution in [2.75, 3.05) is 25.1 Å². The summed E-state index contributed by atoms with van der Waals surface area (Å²) in [6, 6.07) is 0.0337. The summed E-state index contributed by atoms with van der Waals surface area (Å²) in [5.74, 6) is -0.260. The number of nitrogens with zero attached hydrogens (tertiary/aromatic N) is 1. The van der Waals surface area contributed by atoms with Gasteiger partial charge in [-0.05, 0) is 18.8 Å². The van der Waals surface area contributed by atoms with Gasteiger partial charge >= 0.3 is 0 Å². The van der Waals surface area contributed by atoms with E-state index in [1.807, 2.05) is 20.8 Å². The van der Waals surface area contributed by atoms with E-state index in [9.17, 15) is 13.2 Å². The van der Waals surface area contributed by atoms with Gasteiger partial charge in [0.2, 0.25) is 5.91 Å². The van der Waals surface area contributed by atoms with Crippen molar-refractivity contribution < 1.29 is 13.2 Å². The summed E-state index contributed by atoms with van der Waals surface area (Å²) in [4.78, 5) is 13.4. The van der Waals surface area contributed by atoms with Crippen molar-refractivity contribution in [3.8, 4) is 0 Å². The first-order valence-corrected chi connectivity index (χ1v) is 9.21. The molecule has 0 aromatic carbocycles. The molecule has 6 heteroatoms. The molecule has 0 saturated carbocycles. The van der Waals surface area contributed by atoms with Crippen molar-refractivity contribution in [2.45, 2.75) is 52.5 Å². The summed E-state index contributed by atoms with van der Waals surface area (Å²) in [6.07, 6.45) is 3.17. The highest BCUT2D eigenvalue weighted by Crippen LogP contribution is 2.05. The van der Waals surface area contributed by atoms with Crippen LogP contribution in [-0.2, 0) is 14.6 Å². The van der Waals surface area contributed by atoms with E-state index in [1.54, 1.807) is 7.05 Å². The fourth-order valence-electron chi connectivity index (χ4n) is 1.74. The Labute approximate surface area is 123 Å². The highest BCUT2D eigenvalue weighted by molar-refractivity contribution is 7.92. The van der Waals surface area contributed by atoms with E-state index in [0.717, 1.165) is 12.8 Å². The average molecular weight is 306 g/mol. The monoisotopic (exact) mass is 306 g/mol. The van der Waals surface area contributed by atoms with Gasteiger partial charge in [0.1, 0.15) is 5.75 Å². The van der Waals surface area contributed by atoms with E-state index in [2.05, 4.69) is 0 Å². The molecule has 0 aromatic heterocycles. The van der Waals surface area contributed by atoms with Gasteiger partial charge in [0.25, 0.3) is 0 Å². The number of sulfone groups is 1. The van der Waals surface area contributed by atoms with Crippen molar-refractivity contribution in [3.63, 3.8) is 0 Å². The second kappa shape index (κ2) is 9.34. The summed E-state index contributed by atoms with van der Waals surface area (Å²) in [5, 5.41) is 0. The van der Waals surface area contributed by atoms with Crippen molar-refractivity contribution in [3.05, 3.63) is 0 Å². The van der Waals surface area contributed by atoms with E-state index in [1.165, 1.54) is 4.90 Å². The van der Waals surface area contributed by atoms with E-state index in [-0.39, 0.29) is 23.5 Å². The van der Waals surface area contributed by atoms with E-state index >= 15 is 0 Å². The van der Waals surface area contributed by atoms with Gasteiger partial charge in [-0.15, -0.1) is 0 Å². The zero-order valence-electron chi connectivity index (χ0n) is 13.3. The van der Waals surface area contributed by atoms with Crippen molar-refractivity contribution in [1.82, 2.24) is 4.90 Å². The van der Waals surface area contributed by atoms with Crippen LogP contribution in [0, 0.1) is 5.92 Å². The molecule has 1 amide bonds. The molecule has 0 aliphatic heterocycles. The molecule has 0 bridgehead atoms. The predicted molar refractivity (Wildman–Crippen MR) is 83.2 cm³/mol. The molecule has 2 N–H and O–H groups in total. The molecule has 0 radical (unpaired) electrons. The molecule has 0 aliphatic rings. The first-order valence-electron chi connectivity index (χ1n) is 7.39. The highest BCUT2D eigenvalue weighted by Gasteiger charge is 2.20. The average Bonchev–Trinajstić information content (AvgIpc) is 2.34. The lowest BCUT2D eigenvalue weighted by molar-refractivity contribution is -0.127. The number of hydrogen-bond acceptors (Lipinski definition) is 4. The smallest absolute Gasteiger partial charge is 0.237 e. The Balaban J connectivity index is 4.18. The largest absolute Gasteiger partial charge is 0.345 e. The third-order valence-electron chi connectivity index (χ3n) is 3.48. The second-order valence-electron chi connectivity index (χ2n) is 5.81. The Hall–Kier alpha value is -0.620. The van der Waals surface area contributed by atoms with Crippen LogP contribution in [0.15, 0.2) is 0 Å². The second-order valence-corrected chi connectivity index (χ2v) is 8.00. The summed E-state index contributed by atoms with van der Waals surface area (Å²) < 4.78 is 23.6. The molecule has 0 aromatic rings. The molecular weight excluding hydrogens is 276 g/mol. The summed E-state index contributed by atoms with van der Waals surface area (Å²) in [6.45, 7) is 6.58. The van der Waals surface area contributed by atoms with Gasteiger partial charge in [-0.3, -0.25) is 4.79 Å². The van der Waals surface area contributed by atoms with Crippen LogP contribution < -0.4 is 5.73 Å². The first-order chi connectivity index (χ1) is 9.19. The van der Waals surface area contributed by atoms with Crippen LogP contribution in [0.5, 0.6) is 0 Å². The fraction of sp³-hybridized carbons (Fsp3) is 0.929. The minimum Gasteiger partial charge on any atom is -0.345 e. The van der Waals surface area contributed by atoms with Crippen LogP contribution in [0.25, 0.3) is 0 Å². The molecule has 20 heavy (non-hydrogen) atoms. The number of rotatable bonds is 10. The number of amides is 1. The minimum atomic E-state index is -3.28. The predicted octanol–water partition coefficient (Wildman–Crippen LogP) is 1.42. The fourth-order valence-corrected chi connectivity index (χ4v) is 3.13. The van der Waals surface area contributed by atoms with Crippen LogP contribution in [0.1, 0.15) is 46.5 Å². The Morgan fingerprint density at radius 1 is 1.25 bits per heavy atom. The van der Waals surface area contributed by atoms with Crippen LogP contribution in [0.2, 0.25) is 0 Å². The van der Waals surface area contributed by atoms with Crippen molar-refractivity contribution in [2.24, 2.45) is 11.7 Å². The molecule has 0 aliphatic carbocycles. The maximum atomic E-state index is 11.9. The van der Waals surface area contributed by atoms with Crippen LogP contribution >= 0.6 is 0 Å². The molecule has 1 atom stereocenters. The maximum Gasteiger partial charge on any atom is 0.237 e. The number of carbonyl (C=O) groups is 1. The summed E-state index contributed by atoms with van der Waals surface area (Å²) in [5.41, 5.74) is 5.92. The van der Waals surface area contributed by atoms with Crippen molar-refractivity contribution in [1.29, 1.82) is 0 Å². The van der Waals surface area contributed by atoms with Crippen LogP contribution in [0.3, 0.4) is 0 Å². The van der Waals surface area contributed by atoms with Gasteiger partial charge in [-0.25, -0.2) is 8.42 Å². The Morgan fingerprint density at radius 3 is 2.35 bits per heavy atom. The minimum absolute atomic E-state index is 0.0337. The lowest BCUT2D eigenvalue weighted by Crippen LogP contribution is -2.37. The molecule has 0 heterocycles. The Bertz CT molecular complexity index is 380. The number of nitrogens with two attached hydrogens (primary N) is 1. The van der Waals surface area contributed by atoms with Gasteiger partial charge in [0.15, 0.2) is 9.84 Å². The van der Waals surface area contributed by atoms with Gasteiger partial charge in [-0.2, -0.15) is 0 Å². The van der Waals surface area contributed by atoms with Gasteiger partial charge in [0, 0.05) is 19.6 Å². The molecule has 5 nitrogen and oxygen atoms in total. The SMILES string of the molecule is CCCCCS(=O)(=O)CC(=O)N(C)CCC(N)C(C)C. The molecule has 0 spiro atoms. The molecule has 0 saturated heterocycles. The third kappa shape index (κ3) is 8.53. The molecular formula is C14H30N2O3S. The van der Waals surface area contributed by atoms with E-state index < -0.39 is 9.84 Å². The topological polar surface area (TPSA) is 80.5 Å². The van der Waals surface area contributed by atoms with Gasteiger partial charge < -0.3 is 10.6 Å². The van der Waals surface area contributed by atoms with Gasteiger partial charge in [-0.1, -0.05) is 33.6 Å². The molecule has 0 fully saturated rings. The first kappa shape index (κ1) is 19.4. The normalized spacial score (nSPS) is 13.5. The van der Waals surface area contributed by atoms with E-state index in [4.69, 9.17) is 5.73 Å². The highest BCUT2D eigenvalue weighted by atomic mass is 32.2. The van der Waals surface area contributed by atoms with E-state index in [0.29, 0.717) is 25.3 Å². The van der Waals surface area contributed by atoms with Crippen LogP contribution in [0.4, 0.5) is 0 Å². The molecule has 1 unspecified atom stereocenters. The van der Waals surface area contributed by atoms with Gasteiger partial charge in [0.05, 0.1) is 5.75 Å². The number of hydrogen-bond donors (Lipinski definition) is 1.